The number of rotatable bonds is 3. The summed E-state index contributed by atoms with van der Waals surface area (Å²) in [5.74, 6) is 0.208. The first kappa shape index (κ1) is 17.5. The van der Waals surface area contributed by atoms with Crippen molar-refractivity contribution in [2.45, 2.75) is 37.1 Å². The van der Waals surface area contributed by atoms with E-state index in [-0.39, 0.29) is 5.91 Å². The molecule has 2 aliphatic heterocycles. The molecule has 3 heterocycles. The Balaban J connectivity index is 1.54. The highest BCUT2D eigenvalue weighted by molar-refractivity contribution is 6.30. The van der Waals surface area contributed by atoms with Gasteiger partial charge in [-0.2, -0.15) is 5.10 Å². The lowest BCUT2D eigenvalue weighted by Gasteiger charge is -2.42. The van der Waals surface area contributed by atoms with Gasteiger partial charge in [-0.05, 0) is 43.4 Å². The number of nitrogens with zero attached hydrogens (tertiary/aromatic N) is 4. The van der Waals surface area contributed by atoms with Crippen LogP contribution < -0.4 is 0 Å². The van der Waals surface area contributed by atoms with Crippen LogP contribution in [0.5, 0.6) is 0 Å². The Bertz CT molecular complexity index is 751. The van der Waals surface area contributed by atoms with E-state index in [9.17, 15) is 4.79 Å². The van der Waals surface area contributed by atoms with Crippen LogP contribution in [0.1, 0.15) is 37.3 Å². The van der Waals surface area contributed by atoms with Gasteiger partial charge >= 0.3 is 0 Å². The fourth-order valence-corrected chi connectivity index (χ4v) is 4.36. The van der Waals surface area contributed by atoms with Crippen LogP contribution in [0.25, 0.3) is 0 Å². The summed E-state index contributed by atoms with van der Waals surface area (Å²) in [6.45, 7) is 2.69. The summed E-state index contributed by atoms with van der Waals surface area (Å²) in [7, 11) is 0. The molecule has 0 aliphatic carbocycles. The van der Waals surface area contributed by atoms with Crippen molar-refractivity contribution in [1.82, 2.24) is 19.7 Å². The molecule has 2 fully saturated rings. The first-order valence-electron chi connectivity index (χ1n) is 9.16. The van der Waals surface area contributed by atoms with E-state index < -0.39 is 5.41 Å². The van der Waals surface area contributed by atoms with Crippen LogP contribution >= 0.6 is 11.6 Å². The number of likely N-dealkylation sites (tertiary alicyclic amines) is 1. The third-order valence-electron chi connectivity index (χ3n) is 5.70. The summed E-state index contributed by atoms with van der Waals surface area (Å²) in [6, 6.07) is 8.06. The minimum absolute atomic E-state index is 0.208. The van der Waals surface area contributed by atoms with Crippen LogP contribution in [0.2, 0.25) is 5.02 Å². The lowest BCUT2D eigenvalue weighted by Crippen LogP contribution is -2.52. The maximum atomic E-state index is 13.6. The molecule has 2 saturated heterocycles. The molecular weight excluding hydrogens is 352 g/mol. The lowest BCUT2D eigenvalue weighted by molar-refractivity contribution is -0.142. The summed E-state index contributed by atoms with van der Waals surface area (Å²) in [4.78, 5) is 19.6. The second-order valence-electron chi connectivity index (χ2n) is 7.10. The Kier molecular flexibility index (Phi) is 4.96. The Hall–Kier alpha value is -1.92. The Morgan fingerprint density at radius 3 is 2.65 bits per heavy atom. The molecule has 1 aromatic heterocycles. The molecule has 0 atom stereocenters. The summed E-state index contributed by atoms with van der Waals surface area (Å²) in [5.41, 5.74) is 0.486. The quantitative estimate of drug-likeness (QED) is 0.828. The predicted molar refractivity (Wildman–Crippen MR) is 98.1 cm³/mol. The van der Waals surface area contributed by atoms with E-state index in [1.54, 1.807) is 12.7 Å². The van der Waals surface area contributed by atoms with Gasteiger partial charge < -0.3 is 9.64 Å². The first-order valence-corrected chi connectivity index (χ1v) is 9.54. The molecule has 6 nitrogen and oxygen atoms in total. The number of aromatic nitrogens is 3. The maximum Gasteiger partial charge on any atom is 0.233 e. The fourth-order valence-electron chi connectivity index (χ4n) is 4.17. The molecule has 0 bridgehead atoms. The minimum atomic E-state index is -0.525. The molecule has 4 rings (SSSR count). The molecule has 0 N–H and O–H groups in total. The second-order valence-corrected chi connectivity index (χ2v) is 7.54. The standard InChI is InChI=1S/C19H23ClN4O2/c20-16-3-1-2-15(12-16)19(6-10-26-11-7-19)18(25)23-8-4-17(5-9-23)24-14-21-13-22-24/h1-3,12-14,17H,4-11H2. The van der Waals surface area contributed by atoms with Crippen molar-refractivity contribution in [3.63, 3.8) is 0 Å². The van der Waals surface area contributed by atoms with Crippen molar-refractivity contribution in [1.29, 1.82) is 0 Å². The van der Waals surface area contributed by atoms with Gasteiger partial charge in [0.2, 0.25) is 5.91 Å². The van der Waals surface area contributed by atoms with Crippen molar-refractivity contribution < 1.29 is 9.53 Å². The van der Waals surface area contributed by atoms with Crippen LogP contribution in [-0.2, 0) is 14.9 Å². The SMILES string of the molecule is O=C(N1CCC(n2cncn2)CC1)C1(c2cccc(Cl)c2)CCOCC1. The number of carbonyl (C=O) groups excluding carboxylic acids is 1. The number of carbonyl (C=O) groups is 1. The highest BCUT2D eigenvalue weighted by Gasteiger charge is 2.44. The van der Waals surface area contributed by atoms with Gasteiger partial charge in [-0.25, -0.2) is 9.67 Å². The monoisotopic (exact) mass is 374 g/mol. The molecule has 26 heavy (non-hydrogen) atoms. The molecule has 1 amide bonds. The maximum absolute atomic E-state index is 13.6. The number of ether oxygens (including phenoxy) is 1. The molecule has 2 aliphatic rings. The first-order chi connectivity index (χ1) is 12.7. The van der Waals surface area contributed by atoms with Crippen molar-refractivity contribution >= 4 is 17.5 Å². The van der Waals surface area contributed by atoms with Gasteiger partial charge in [-0.1, -0.05) is 23.7 Å². The van der Waals surface area contributed by atoms with Crippen LogP contribution in [0.3, 0.4) is 0 Å². The molecule has 0 unspecified atom stereocenters. The van der Waals surface area contributed by atoms with Crippen LogP contribution in [0.15, 0.2) is 36.9 Å². The van der Waals surface area contributed by atoms with Gasteiger partial charge in [0.1, 0.15) is 12.7 Å². The van der Waals surface area contributed by atoms with E-state index >= 15 is 0 Å². The minimum Gasteiger partial charge on any atom is -0.381 e. The zero-order valence-electron chi connectivity index (χ0n) is 14.7. The fraction of sp³-hybridized carbons (Fsp3) is 0.526. The highest BCUT2D eigenvalue weighted by atomic mass is 35.5. The largest absolute Gasteiger partial charge is 0.381 e. The average molecular weight is 375 g/mol. The van der Waals surface area contributed by atoms with Gasteiger partial charge in [0.15, 0.2) is 0 Å². The lowest BCUT2D eigenvalue weighted by atomic mass is 9.72. The Morgan fingerprint density at radius 2 is 2.00 bits per heavy atom. The molecule has 0 saturated carbocycles. The second kappa shape index (κ2) is 7.37. The summed E-state index contributed by atoms with van der Waals surface area (Å²) in [6.07, 6.45) is 6.53. The van der Waals surface area contributed by atoms with Crippen molar-refractivity contribution in [2.24, 2.45) is 0 Å². The summed E-state index contributed by atoms with van der Waals surface area (Å²) >= 11 is 6.22. The van der Waals surface area contributed by atoms with Gasteiger partial charge in [-0.3, -0.25) is 4.79 Å². The zero-order chi connectivity index (χ0) is 18.0. The number of halogens is 1. The number of amides is 1. The predicted octanol–water partition coefficient (Wildman–Crippen LogP) is 2.84. The third kappa shape index (κ3) is 3.23. The molecule has 0 radical (unpaired) electrons. The van der Waals surface area contributed by atoms with Crippen LogP contribution in [0, 0.1) is 0 Å². The third-order valence-corrected chi connectivity index (χ3v) is 5.93. The Labute approximate surface area is 158 Å². The van der Waals surface area contributed by atoms with Gasteiger partial charge in [-0.15, -0.1) is 0 Å². The molecule has 138 valence electrons. The van der Waals surface area contributed by atoms with Crippen molar-refractivity contribution in [2.75, 3.05) is 26.3 Å². The van der Waals surface area contributed by atoms with E-state index in [4.69, 9.17) is 16.3 Å². The highest BCUT2D eigenvalue weighted by Crippen LogP contribution is 2.38. The normalized spacial score (nSPS) is 20.9. The topological polar surface area (TPSA) is 60.2 Å². The molecule has 2 aromatic rings. The van der Waals surface area contributed by atoms with E-state index in [0.717, 1.165) is 31.5 Å². The van der Waals surface area contributed by atoms with Crippen LogP contribution in [0.4, 0.5) is 0 Å². The summed E-state index contributed by atoms with van der Waals surface area (Å²) < 4.78 is 7.46. The van der Waals surface area contributed by atoms with E-state index in [0.29, 0.717) is 37.1 Å². The molecule has 1 aromatic carbocycles. The van der Waals surface area contributed by atoms with E-state index in [1.807, 2.05) is 33.8 Å². The van der Waals surface area contributed by atoms with Gasteiger partial charge in [0.05, 0.1) is 11.5 Å². The smallest absolute Gasteiger partial charge is 0.233 e. The van der Waals surface area contributed by atoms with Crippen molar-refractivity contribution in [3.8, 4) is 0 Å². The molecule has 0 spiro atoms. The van der Waals surface area contributed by atoms with Crippen molar-refractivity contribution in [3.05, 3.63) is 47.5 Å². The summed E-state index contributed by atoms with van der Waals surface area (Å²) in [5, 5.41) is 4.91. The van der Waals surface area contributed by atoms with E-state index in [1.165, 1.54) is 0 Å². The zero-order valence-corrected chi connectivity index (χ0v) is 15.4. The molecular formula is C19H23ClN4O2. The number of benzene rings is 1. The number of piperidine rings is 1. The number of hydrogen-bond acceptors (Lipinski definition) is 4. The van der Waals surface area contributed by atoms with E-state index in [2.05, 4.69) is 10.1 Å². The number of hydrogen-bond donors (Lipinski definition) is 0. The van der Waals surface area contributed by atoms with Gasteiger partial charge in [0.25, 0.3) is 0 Å². The average Bonchev–Trinajstić information content (AvgIpc) is 3.23. The van der Waals surface area contributed by atoms with Gasteiger partial charge in [0, 0.05) is 31.3 Å². The Morgan fingerprint density at radius 1 is 1.23 bits per heavy atom. The molecule has 7 heteroatoms. The van der Waals surface area contributed by atoms with Crippen LogP contribution in [-0.4, -0.2) is 51.9 Å².